The monoisotopic (exact) mass is 484 g/mol. The minimum atomic E-state index is -3.72. The molecule has 0 bridgehead atoms. The summed E-state index contributed by atoms with van der Waals surface area (Å²) in [4.78, 5) is 6.80. The maximum atomic E-state index is 14.0. The molecule has 2 atom stereocenters. The van der Waals surface area contributed by atoms with Crippen LogP contribution in [0.1, 0.15) is 36.8 Å². The van der Waals surface area contributed by atoms with Crippen LogP contribution in [-0.4, -0.2) is 54.3 Å². The van der Waals surface area contributed by atoms with Crippen LogP contribution in [0.15, 0.2) is 65.4 Å². The normalized spacial score (nSPS) is 25.3. The lowest BCUT2D eigenvalue weighted by Crippen LogP contribution is -2.57. The highest BCUT2D eigenvalue weighted by Gasteiger charge is 2.55. The SMILES string of the molecule is C[C@H]1C[C@]2(CCN1Cc1ncoc1Cc1ccccc1)CN(C)S(=O)(=O)N2c1cccc(F)c1. The molecule has 3 aromatic rings. The molecule has 1 aromatic heterocycles. The van der Waals surface area contributed by atoms with Gasteiger partial charge in [0.05, 0.1) is 16.9 Å². The highest BCUT2D eigenvalue weighted by Crippen LogP contribution is 2.44. The lowest BCUT2D eigenvalue weighted by molar-refractivity contribution is 0.0989. The van der Waals surface area contributed by atoms with E-state index in [1.807, 2.05) is 18.2 Å². The van der Waals surface area contributed by atoms with Gasteiger partial charge >= 0.3 is 10.2 Å². The van der Waals surface area contributed by atoms with Crippen LogP contribution in [0.3, 0.4) is 0 Å². The van der Waals surface area contributed by atoms with Gasteiger partial charge in [-0.25, -0.2) is 9.37 Å². The Hall–Kier alpha value is -2.75. The zero-order valence-corrected chi connectivity index (χ0v) is 20.2. The average Bonchev–Trinajstić information content (AvgIpc) is 3.30. The molecule has 0 aliphatic carbocycles. The van der Waals surface area contributed by atoms with Gasteiger partial charge in [-0.2, -0.15) is 12.7 Å². The molecule has 2 aliphatic heterocycles. The van der Waals surface area contributed by atoms with Crippen LogP contribution in [0.4, 0.5) is 10.1 Å². The molecule has 2 saturated heterocycles. The minimum Gasteiger partial charge on any atom is -0.448 e. The number of anilines is 1. The van der Waals surface area contributed by atoms with Gasteiger partial charge in [0.1, 0.15) is 11.6 Å². The molecule has 9 heteroatoms. The number of benzene rings is 2. The van der Waals surface area contributed by atoms with Crippen LogP contribution < -0.4 is 4.31 Å². The van der Waals surface area contributed by atoms with Crippen LogP contribution in [0.5, 0.6) is 0 Å². The van der Waals surface area contributed by atoms with Crippen molar-refractivity contribution in [2.75, 3.05) is 24.4 Å². The number of hydrogen-bond donors (Lipinski definition) is 0. The number of rotatable bonds is 5. The van der Waals surface area contributed by atoms with E-state index in [0.29, 0.717) is 44.6 Å². The van der Waals surface area contributed by atoms with E-state index in [9.17, 15) is 12.8 Å². The van der Waals surface area contributed by atoms with Crippen molar-refractivity contribution in [3.63, 3.8) is 0 Å². The second kappa shape index (κ2) is 8.79. The standard InChI is InChI=1S/C25H29FN4O3S/c1-19-15-25(17-28(2)34(31,32)30(25)22-10-6-9-21(26)14-22)11-12-29(19)16-23-24(33-18-27-23)13-20-7-4-3-5-8-20/h3-10,14,18-19H,11-13,15-17H2,1-2H3/t19-,25+/m0/s1. The summed E-state index contributed by atoms with van der Waals surface area (Å²) in [6, 6.07) is 16.1. The van der Waals surface area contributed by atoms with Gasteiger partial charge in [0.25, 0.3) is 0 Å². The molecule has 0 radical (unpaired) electrons. The van der Waals surface area contributed by atoms with Crippen LogP contribution in [-0.2, 0) is 23.2 Å². The molecule has 34 heavy (non-hydrogen) atoms. The van der Waals surface area contributed by atoms with Crippen molar-refractivity contribution >= 4 is 15.9 Å². The van der Waals surface area contributed by atoms with Crippen molar-refractivity contribution in [2.45, 2.75) is 44.3 Å². The van der Waals surface area contributed by atoms with Crippen molar-refractivity contribution in [3.8, 4) is 0 Å². The fraction of sp³-hybridized carbons (Fsp3) is 0.400. The van der Waals surface area contributed by atoms with E-state index in [1.54, 1.807) is 19.2 Å². The molecule has 2 aromatic carbocycles. The van der Waals surface area contributed by atoms with E-state index >= 15 is 0 Å². The smallest absolute Gasteiger partial charge is 0.304 e. The first-order valence-electron chi connectivity index (χ1n) is 11.5. The number of oxazole rings is 1. The Morgan fingerprint density at radius 2 is 1.97 bits per heavy atom. The number of nitrogens with zero attached hydrogens (tertiary/aromatic N) is 4. The molecule has 180 valence electrons. The Morgan fingerprint density at radius 1 is 1.18 bits per heavy atom. The topological polar surface area (TPSA) is 69.9 Å². The predicted octanol–water partition coefficient (Wildman–Crippen LogP) is 3.82. The summed E-state index contributed by atoms with van der Waals surface area (Å²) in [6.07, 6.45) is 3.45. The third kappa shape index (κ3) is 4.12. The minimum absolute atomic E-state index is 0.104. The fourth-order valence-electron chi connectivity index (χ4n) is 5.41. The van der Waals surface area contributed by atoms with Gasteiger partial charge in [0.15, 0.2) is 6.39 Å². The Morgan fingerprint density at radius 3 is 2.71 bits per heavy atom. The third-order valence-corrected chi connectivity index (χ3v) is 9.04. The van der Waals surface area contributed by atoms with E-state index in [0.717, 1.165) is 17.0 Å². The number of aromatic nitrogens is 1. The van der Waals surface area contributed by atoms with E-state index in [2.05, 4.69) is 28.9 Å². The molecule has 0 saturated carbocycles. The van der Waals surface area contributed by atoms with Gasteiger partial charge in [0.2, 0.25) is 0 Å². The third-order valence-electron chi connectivity index (χ3n) is 7.06. The number of likely N-dealkylation sites (N-methyl/N-ethyl adjacent to an activating group) is 1. The van der Waals surface area contributed by atoms with Gasteiger partial charge < -0.3 is 4.42 Å². The number of piperidine rings is 1. The zero-order chi connectivity index (χ0) is 23.9. The largest absolute Gasteiger partial charge is 0.448 e. The van der Waals surface area contributed by atoms with Gasteiger partial charge in [-0.05, 0) is 43.5 Å². The van der Waals surface area contributed by atoms with Crippen LogP contribution >= 0.6 is 0 Å². The lowest BCUT2D eigenvalue weighted by Gasteiger charge is -2.46. The molecule has 2 fully saturated rings. The summed E-state index contributed by atoms with van der Waals surface area (Å²) in [7, 11) is -2.13. The van der Waals surface area contributed by atoms with E-state index in [-0.39, 0.29) is 6.04 Å². The van der Waals surface area contributed by atoms with Crippen LogP contribution in [0, 0.1) is 5.82 Å². The first-order valence-corrected chi connectivity index (χ1v) is 12.9. The van der Waals surface area contributed by atoms with Crippen molar-refractivity contribution < 1.29 is 17.2 Å². The molecule has 2 aliphatic rings. The Balaban J connectivity index is 1.36. The first-order chi connectivity index (χ1) is 16.3. The summed E-state index contributed by atoms with van der Waals surface area (Å²) in [6.45, 7) is 3.84. The summed E-state index contributed by atoms with van der Waals surface area (Å²) < 4.78 is 49.0. The highest BCUT2D eigenvalue weighted by atomic mass is 32.2. The maximum absolute atomic E-state index is 14.0. The summed E-state index contributed by atoms with van der Waals surface area (Å²) in [5.41, 5.74) is 1.83. The molecule has 0 amide bonds. The van der Waals surface area contributed by atoms with E-state index in [1.165, 1.54) is 27.1 Å². The molecule has 7 nitrogen and oxygen atoms in total. The van der Waals surface area contributed by atoms with Crippen molar-refractivity contribution in [1.82, 2.24) is 14.2 Å². The van der Waals surface area contributed by atoms with E-state index < -0.39 is 21.6 Å². The zero-order valence-electron chi connectivity index (χ0n) is 19.4. The predicted molar refractivity (Wildman–Crippen MR) is 128 cm³/mol. The second-order valence-electron chi connectivity index (χ2n) is 9.39. The van der Waals surface area contributed by atoms with Gasteiger partial charge in [-0.15, -0.1) is 0 Å². The number of halogens is 1. The number of hydrogen-bond acceptors (Lipinski definition) is 5. The Bertz CT molecular complexity index is 1270. The molecule has 0 unspecified atom stereocenters. The molecule has 3 heterocycles. The molecular weight excluding hydrogens is 455 g/mol. The first kappa shape index (κ1) is 23.0. The molecule has 5 rings (SSSR count). The Kier molecular flexibility index (Phi) is 5.95. The average molecular weight is 485 g/mol. The number of likely N-dealkylation sites (tertiary alicyclic amines) is 1. The van der Waals surface area contributed by atoms with Crippen LogP contribution in [0.2, 0.25) is 0 Å². The maximum Gasteiger partial charge on any atom is 0.304 e. The Labute approximate surface area is 200 Å². The highest BCUT2D eigenvalue weighted by molar-refractivity contribution is 7.90. The lowest BCUT2D eigenvalue weighted by atomic mass is 9.82. The summed E-state index contributed by atoms with van der Waals surface area (Å²) >= 11 is 0. The fourth-order valence-corrected chi connectivity index (χ4v) is 7.19. The molecular formula is C25H29FN4O3S. The van der Waals surface area contributed by atoms with Crippen LogP contribution in [0.25, 0.3) is 0 Å². The van der Waals surface area contributed by atoms with Gasteiger partial charge in [0, 0.05) is 39.1 Å². The summed E-state index contributed by atoms with van der Waals surface area (Å²) in [5, 5.41) is 0. The second-order valence-corrected chi connectivity index (χ2v) is 11.3. The molecule has 0 N–H and O–H groups in total. The van der Waals surface area contributed by atoms with Gasteiger partial charge in [-0.3, -0.25) is 9.21 Å². The van der Waals surface area contributed by atoms with Crippen molar-refractivity contribution in [2.24, 2.45) is 0 Å². The molecule has 1 spiro atoms. The summed E-state index contributed by atoms with van der Waals surface area (Å²) in [5.74, 6) is 0.406. The van der Waals surface area contributed by atoms with Gasteiger partial charge in [-0.1, -0.05) is 36.4 Å². The van der Waals surface area contributed by atoms with E-state index in [4.69, 9.17) is 4.42 Å². The van der Waals surface area contributed by atoms with Crippen molar-refractivity contribution in [1.29, 1.82) is 0 Å². The quantitative estimate of drug-likeness (QED) is 0.551. The van der Waals surface area contributed by atoms with Crippen molar-refractivity contribution in [3.05, 3.63) is 83.8 Å².